The molecule has 24 heavy (non-hydrogen) atoms. The smallest absolute Gasteiger partial charge is 0.0642 e. The minimum absolute atomic E-state index is 0.886. The Kier molecular flexibility index (Phi) is 15.1. The lowest BCUT2D eigenvalue weighted by Crippen LogP contribution is -2.31. The second-order valence-electron chi connectivity index (χ2n) is 7.05. The highest BCUT2D eigenvalue weighted by atomic mass is 16.5. The third kappa shape index (κ3) is 13.7. The zero-order valence-electron chi connectivity index (χ0n) is 16.2. The summed E-state index contributed by atoms with van der Waals surface area (Å²) in [5.41, 5.74) is 0. The van der Waals surface area contributed by atoms with E-state index in [0.29, 0.717) is 0 Å². The molecule has 0 N–H and O–H groups in total. The number of rotatable bonds is 15. The molecule has 1 rings (SSSR count). The Morgan fingerprint density at radius 2 is 1.17 bits per heavy atom. The highest BCUT2D eigenvalue weighted by molar-refractivity contribution is 4.84. The predicted octanol–water partition coefficient (Wildman–Crippen LogP) is 6.48. The number of unbranched alkanes of at least 4 members (excludes halogenated alkanes) is 11. The van der Waals surface area contributed by atoms with Crippen LogP contribution >= 0.6 is 0 Å². The standard InChI is InChI=1S/C22H41NO/c1-2-3-4-5-6-7-8-9-10-11-12-13-14-15-16-17-18-23-19-21-24-22-20-23/h9-10,17-18H,2-8,11-16,19-22H2,1H3/b10-9-,18-17+. The molecule has 0 aromatic heterocycles. The molecule has 140 valence electrons. The van der Waals surface area contributed by atoms with Gasteiger partial charge in [0.15, 0.2) is 0 Å². The minimum atomic E-state index is 0.886. The Morgan fingerprint density at radius 3 is 1.75 bits per heavy atom. The third-order valence-electron chi connectivity index (χ3n) is 4.74. The van der Waals surface area contributed by atoms with E-state index < -0.39 is 0 Å². The monoisotopic (exact) mass is 335 g/mol. The van der Waals surface area contributed by atoms with Crippen LogP contribution in [0.2, 0.25) is 0 Å². The summed E-state index contributed by atoms with van der Waals surface area (Å²) in [7, 11) is 0. The molecule has 1 aliphatic heterocycles. The summed E-state index contributed by atoms with van der Waals surface area (Å²) in [6.45, 7) is 6.17. The zero-order chi connectivity index (χ0) is 17.1. The van der Waals surface area contributed by atoms with Crippen molar-refractivity contribution in [3.05, 3.63) is 24.4 Å². The summed E-state index contributed by atoms with van der Waals surface area (Å²) in [6.07, 6.45) is 27.1. The van der Waals surface area contributed by atoms with E-state index in [9.17, 15) is 0 Å². The van der Waals surface area contributed by atoms with Crippen LogP contribution in [0.25, 0.3) is 0 Å². The summed E-state index contributed by atoms with van der Waals surface area (Å²) in [4.78, 5) is 2.37. The Morgan fingerprint density at radius 1 is 0.667 bits per heavy atom. The van der Waals surface area contributed by atoms with E-state index in [-0.39, 0.29) is 0 Å². The van der Waals surface area contributed by atoms with Crippen molar-refractivity contribution < 1.29 is 4.74 Å². The lowest BCUT2D eigenvalue weighted by atomic mass is 10.1. The van der Waals surface area contributed by atoms with Gasteiger partial charge in [-0.1, -0.05) is 70.1 Å². The minimum Gasteiger partial charge on any atom is -0.378 e. The average molecular weight is 336 g/mol. The Labute approximate surface area is 151 Å². The first-order chi connectivity index (χ1) is 11.9. The molecule has 1 heterocycles. The quantitative estimate of drug-likeness (QED) is 0.251. The molecule has 0 radical (unpaired) electrons. The molecule has 1 saturated heterocycles. The lowest BCUT2D eigenvalue weighted by molar-refractivity contribution is 0.0593. The second kappa shape index (κ2) is 17.1. The van der Waals surface area contributed by atoms with E-state index in [4.69, 9.17) is 4.74 Å². The van der Waals surface area contributed by atoms with Crippen molar-refractivity contribution >= 4 is 0 Å². The molecule has 0 spiro atoms. The molecule has 0 amide bonds. The van der Waals surface area contributed by atoms with Crippen LogP contribution in [0, 0.1) is 0 Å². The van der Waals surface area contributed by atoms with Crippen molar-refractivity contribution in [3.63, 3.8) is 0 Å². The maximum Gasteiger partial charge on any atom is 0.0642 e. The summed E-state index contributed by atoms with van der Waals surface area (Å²) < 4.78 is 5.35. The van der Waals surface area contributed by atoms with Crippen LogP contribution in [0.1, 0.15) is 90.4 Å². The van der Waals surface area contributed by atoms with Crippen LogP contribution in [0.5, 0.6) is 0 Å². The molecule has 2 nitrogen and oxygen atoms in total. The molecule has 0 aliphatic carbocycles. The summed E-state index contributed by atoms with van der Waals surface area (Å²) >= 11 is 0. The van der Waals surface area contributed by atoms with Crippen LogP contribution in [-0.2, 0) is 4.74 Å². The van der Waals surface area contributed by atoms with Crippen molar-refractivity contribution in [1.82, 2.24) is 4.90 Å². The Bertz CT molecular complexity index is 305. The molecular formula is C22H41NO. The molecule has 0 atom stereocenters. The van der Waals surface area contributed by atoms with E-state index in [1.54, 1.807) is 0 Å². The number of hydrogen-bond donors (Lipinski definition) is 0. The van der Waals surface area contributed by atoms with Crippen molar-refractivity contribution in [3.8, 4) is 0 Å². The van der Waals surface area contributed by atoms with Gasteiger partial charge in [-0.2, -0.15) is 0 Å². The normalized spacial score (nSPS) is 15.8. The SMILES string of the molecule is CCCCCCCC/C=C\CCCCCC/C=C/N1CCOCC1. The lowest BCUT2D eigenvalue weighted by Gasteiger charge is -2.24. The summed E-state index contributed by atoms with van der Waals surface area (Å²) in [5, 5.41) is 0. The van der Waals surface area contributed by atoms with Crippen molar-refractivity contribution in [2.75, 3.05) is 26.3 Å². The topological polar surface area (TPSA) is 12.5 Å². The third-order valence-corrected chi connectivity index (χ3v) is 4.74. The van der Waals surface area contributed by atoms with Gasteiger partial charge in [0, 0.05) is 13.1 Å². The summed E-state index contributed by atoms with van der Waals surface area (Å²) in [5.74, 6) is 0. The molecule has 0 aromatic rings. The summed E-state index contributed by atoms with van der Waals surface area (Å²) in [6, 6.07) is 0. The maximum absolute atomic E-state index is 5.35. The van der Waals surface area contributed by atoms with Gasteiger partial charge in [0.2, 0.25) is 0 Å². The average Bonchev–Trinajstić information content (AvgIpc) is 2.62. The largest absolute Gasteiger partial charge is 0.378 e. The van der Waals surface area contributed by atoms with E-state index >= 15 is 0 Å². The van der Waals surface area contributed by atoms with Gasteiger partial charge in [0.05, 0.1) is 13.2 Å². The number of nitrogens with zero attached hydrogens (tertiary/aromatic N) is 1. The molecular weight excluding hydrogens is 294 g/mol. The highest BCUT2D eigenvalue weighted by Gasteiger charge is 2.04. The van der Waals surface area contributed by atoms with Crippen LogP contribution in [0.3, 0.4) is 0 Å². The van der Waals surface area contributed by atoms with Gasteiger partial charge in [-0.3, -0.25) is 0 Å². The van der Waals surface area contributed by atoms with Crippen molar-refractivity contribution in [2.45, 2.75) is 90.4 Å². The van der Waals surface area contributed by atoms with E-state index in [2.05, 4.69) is 36.3 Å². The molecule has 0 unspecified atom stereocenters. The fourth-order valence-corrected chi connectivity index (χ4v) is 3.11. The van der Waals surface area contributed by atoms with Crippen LogP contribution in [-0.4, -0.2) is 31.2 Å². The van der Waals surface area contributed by atoms with E-state index in [1.807, 2.05) is 0 Å². The Balaban J connectivity index is 1.76. The van der Waals surface area contributed by atoms with E-state index in [0.717, 1.165) is 26.3 Å². The molecule has 2 heteroatoms. The van der Waals surface area contributed by atoms with Crippen LogP contribution in [0.15, 0.2) is 24.4 Å². The first kappa shape index (κ1) is 21.3. The highest BCUT2D eigenvalue weighted by Crippen LogP contribution is 2.09. The van der Waals surface area contributed by atoms with Gasteiger partial charge in [-0.05, 0) is 44.7 Å². The van der Waals surface area contributed by atoms with Gasteiger partial charge < -0.3 is 9.64 Å². The number of hydrogen-bond acceptors (Lipinski definition) is 2. The molecule has 0 bridgehead atoms. The van der Waals surface area contributed by atoms with Crippen LogP contribution in [0.4, 0.5) is 0 Å². The van der Waals surface area contributed by atoms with Crippen LogP contribution < -0.4 is 0 Å². The molecule has 0 aromatic carbocycles. The fourth-order valence-electron chi connectivity index (χ4n) is 3.11. The van der Waals surface area contributed by atoms with Gasteiger partial charge in [-0.15, -0.1) is 0 Å². The van der Waals surface area contributed by atoms with Crippen molar-refractivity contribution in [1.29, 1.82) is 0 Å². The maximum atomic E-state index is 5.35. The first-order valence-corrected chi connectivity index (χ1v) is 10.6. The number of morpholine rings is 1. The Hall–Kier alpha value is -0.760. The zero-order valence-corrected chi connectivity index (χ0v) is 16.2. The van der Waals surface area contributed by atoms with Gasteiger partial charge in [-0.25, -0.2) is 0 Å². The first-order valence-electron chi connectivity index (χ1n) is 10.6. The fraction of sp³-hybridized carbons (Fsp3) is 0.818. The predicted molar refractivity (Wildman–Crippen MR) is 106 cm³/mol. The number of ether oxygens (including phenoxy) is 1. The van der Waals surface area contributed by atoms with Gasteiger partial charge >= 0.3 is 0 Å². The van der Waals surface area contributed by atoms with E-state index in [1.165, 1.54) is 83.5 Å². The van der Waals surface area contributed by atoms with Gasteiger partial charge in [0.1, 0.15) is 0 Å². The molecule has 1 fully saturated rings. The second-order valence-corrected chi connectivity index (χ2v) is 7.05. The number of allylic oxidation sites excluding steroid dienone is 3. The van der Waals surface area contributed by atoms with Crippen molar-refractivity contribution in [2.24, 2.45) is 0 Å². The molecule has 1 aliphatic rings. The van der Waals surface area contributed by atoms with Gasteiger partial charge in [0.25, 0.3) is 0 Å². The molecule has 0 saturated carbocycles.